The minimum atomic E-state index is -0.577. The zero-order valence-corrected chi connectivity index (χ0v) is 15.1. The molecule has 8 heteroatoms. The first-order chi connectivity index (χ1) is 13.6. The van der Waals surface area contributed by atoms with Crippen LogP contribution in [0.3, 0.4) is 0 Å². The molecule has 0 bridgehead atoms. The zero-order valence-electron chi connectivity index (χ0n) is 15.1. The van der Waals surface area contributed by atoms with Crippen molar-refractivity contribution in [3.05, 3.63) is 54.1 Å². The van der Waals surface area contributed by atoms with Crippen LogP contribution >= 0.6 is 0 Å². The fraction of sp³-hybridized carbons (Fsp3) is 0.150. The lowest BCUT2D eigenvalue weighted by molar-refractivity contribution is -0.118. The van der Waals surface area contributed by atoms with E-state index < -0.39 is 11.9 Å². The van der Waals surface area contributed by atoms with Gasteiger partial charge >= 0.3 is 0 Å². The molecule has 0 unspecified atom stereocenters. The van der Waals surface area contributed by atoms with Gasteiger partial charge in [-0.15, -0.1) is 5.10 Å². The highest BCUT2D eigenvalue weighted by Gasteiger charge is 2.19. The average Bonchev–Trinajstić information content (AvgIpc) is 3.17. The fourth-order valence-electron chi connectivity index (χ4n) is 3.03. The van der Waals surface area contributed by atoms with Gasteiger partial charge in [-0.05, 0) is 30.7 Å². The Kier molecular flexibility index (Phi) is 4.33. The largest absolute Gasteiger partial charge is 0.368 e. The van der Waals surface area contributed by atoms with Crippen LogP contribution in [-0.2, 0) is 4.79 Å². The van der Waals surface area contributed by atoms with Crippen molar-refractivity contribution in [2.24, 2.45) is 5.73 Å². The SMILES string of the molecule is CC[C@H](Nc1nc2ccccc2c2nc(-c3cccc(C#N)c3)nn12)C(N)=O. The van der Waals surface area contributed by atoms with E-state index in [0.29, 0.717) is 29.4 Å². The molecule has 4 aromatic rings. The van der Waals surface area contributed by atoms with Gasteiger partial charge in [-0.25, -0.2) is 9.97 Å². The Hall–Kier alpha value is -3.99. The third-order valence-electron chi connectivity index (χ3n) is 4.48. The number of carbonyl (C=O) groups is 1. The minimum absolute atomic E-state index is 0.384. The minimum Gasteiger partial charge on any atom is -0.368 e. The number of benzene rings is 2. The van der Waals surface area contributed by atoms with Crippen LogP contribution in [0, 0.1) is 11.3 Å². The maximum atomic E-state index is 11.7. The van der Waals surface area contributed by atoms with Gasteiger partial charge in [0.05, 0.1) is 17.1 Å². The van der Waals surface area contributed by atoms with Gasteiger partial charge in [0, 0.05) is 10.9 Å². The highest BCUT2D eigenvalue weighted by Crippen LogP contribution is 2.25. The predicted octanol–water partition coefficient (Wildman–Crippen LogP) is 2.49. The molecule has 2 aromatic carbocycles. The Bertz CT molecular complexity index is 1240. The molecule has 2 heterocycles. The second-order valence-electron chi connectivity index (χ2n) is 6.32. The molecule has 0 radical (unpaired) electrons. The first-order valence-electron chi connectivity index (χ1n) is 8.82. The van der Waals surface area contributed by atoms with Crippen LogP contribution in [0.5, 0.6) is 0 Å². The lowest BCUT2D eigenvalue weighted by Gasteiger charge is -2.15. The number of nitrogens with zero attached hydrogens (tertiary/aromatic N) is 5. The van der Waals surface area contributed by atoms with Gasteiger partial charge in [0.1, 0.15) is 6.04 Å². The number of nitrogens with one attached hydrogen (secondary N) is 1. The summed E-state index contributed by atoms with van der Waals surface area (Å²) < 4.78 is 1.57. The Balaban J connectivity index is 1.94. The van der Waals surface area contributed by atoms with E-state index in [9.17, 15) is 4.79 Å². The van der Waals surface area contributed by atoms with Crippen LogP contribution < -0.4 is 11.1 Å². The van der Waals surface area contributed by atoms with Gasteiger partial charge in [-0.3, -0.25) is 4.79 Å². The van der Waals surface area contributed by atoms with Gasteiger partial charge in [0.2, 0.25) is 11.9 Å². The van der Waals surface area contributed by atoms with Gasteiger partial charge in [-0.2, -0.15) is 9.78 Å². The molecule has 0 aliphatic rings. The van der Waals surface area contributed by atoms with Gasteiger partial charge < -0.3 is 11.1 Å². The van der Waals surface area contributed by atoms with Crippen molar-refractivity contribution >= 4 is 28.4 Å². The lowest BCUT2D eigenvalue weighted by Crippen LogP contribution is -2.35. The zero-order chi connectivity index (χ0) is 19.7. The number of para-hydroxylation sites is 1. The molecule has 8 nitrogen and oxygen atoms in total. The molecular weight excluding hydrogens is 354 g/mol. The standard InChI is InChI=1S/C20H17N7O/c1-2-15(17(22)28)23-20-24-16-9-4-3-8-14(16)19-25-18(26-27(19)20)13-7-5-6-12(10-13)11-21/h3-10,15H,2H2,1H3,(H2,22,28)(H,23,24)/t15-/m0/s1. The van der Waals surface area contributed by atoms with Crippen molar-refractivity contribution in [2.75, 3.05) is 5.32 Å². The number of nitriles is 1. The van der Waals surface area contributed by atoms with E-state index >= 15 is 0 Å². The van der Waals surface area contributed by atoms with Crippen LogP contribution in [0.1, 0.15) is 18.9 Å². The Labute approximate surface area is 160 Å². The summed E-state index contributed by atoms with van der Waals surface area (Å²) in [5.41, 5.74) is 8.05. The molecule has 0 spiro atoms. The summed E-state index contributed by atoms with van der Waals surface area (Å²) in [6.45, 7) is 1.86. The summed E-state index contributed by atoms with van der Waals surface area (Å²) in [5.74, 6) is 0.382. The van der Waals surface area contributed by atoms with Crippen molar-refractivity contribution in [1.29, 1.82) is 5.26 Å². The summed E-state index contributed by atoms with van der Waals surface area (Å²) in [6.07, 6.45) is 0.511. The molecule has 4 rings (SSSR count). The van der Waals surface area contributed by atoms with E-state index in [1.165, 1.54) is 0 Å². The maximum absolute atomic E-state index is 11.7. The molecule has 0 saturated heterocycles. The van der Waals surface area contributed by atoms with E-state index in [2.05, 4.69) is 26.5 Å². The van der Waals surface area contributed by atoms with Crippen LogP contribution in [0.2, 0.25) is 0 Å². The second kappa shape index (κ2) is 6.96. The molecule has 0 aliphatic carbocycles. The summed E-state index contributed by atoms with van der Waals surface area (Å²) in [7, 11) is 0. The van der Waals surface area contributed by atoms with Crippen LogP contribution in [-0.4, -0.2) is 31.5 Å². The number of carbonyl (C=O) groups excluding carboxylic acids is 1. The van der Waals surface area contributed by atoms with Crippen LogP contribution in [0.15, 0.2) is 48.5 Å². The van der Waals surface area contributed by atoms with Gasteiger partial charge in [0.15, 0.2) is 11.5 Å². The first kappa shape index (κ1) is 17.4. The third kappa shape index (κ3) is 2.99. The van der Waals surface area contributed by atoms with Crippen molar-refractivity contribution in [1.82, 2.24) is 19.6 Å². The van der Waals surface area contributed by atoms with Crippen LogP contribution in [0.25, 0.3) is 27.9 Å². The summed E-state index contributed by atoms with van der Waals surface area (Å²) in [5, 5.41) is 17.6. The molecule has 3 N–H and O–H groups in total. The lowest BCUT2D eigenvalue weighted by atomic mass is 10.1. The number of anilines is 1. The third-order valence-corrected chi connectivity index (χ3v) is 4.48. The van der Waals surface area contributed by atoms with Crippen molar-refractivity contribution in [3.63, 3.8) is 0 Å². The van der Waals surface area contributed by atoms with Gasteiger partial charge in [0.25, 0.3) is 0 Å². The fourth-order valence-corrected chi connectivity index (χ4v) is 3.03. The maximum Gasteiger partial charge on any atom is 0.239 e. The monoisotopic (exact) mass is 371 g/mol. The first-order valence-corrected chi connectivity index (χ1v) is 8.82. The topological polar surface area (TPSA) is 122 Å². The number of hydrogen-bond donors (Lipinski definition) is 2. The molecule has 138 valence electrons. The number of fused-ring (bicyclic) bond motifs is 3. The quantitative estimate of drug-likeness (QED) is 0.556. The van der Waals surface area contributed by atoms with E-state index in [1.807, 2.05) is 37.3 Å². The molecule has 28 heavy (non-hydrogen) atoms. The molecule has 1 amide bonds. The number of aromatic nitrogens is 4. The molecule has 0 aliphatic heterocycles. The Morgan fingerprint density at radius 3 is 2.82 bits per heavy atom. The predicted molar refractivity (Wildman–Crippen MR) is 105 cm³/mol. The average molecular weight is 371 g/mol. The van der Waals surface area contributed by atoms with E-state index in [0.717, 1.165) is 16.5 Å². The summed E-state index contributed by atoms with van der Waals surface area (Å²) in [6, 6.07) is 16.2. The van der Waals surface area contributed by atoms with E-state index in [1.54, 1.807) is 22.7 Å². The highest BCUT2D eigenvalue weighted by molar-refractivity contribution is 5.93. The number of hydrogen-bond acceptors (Lipinski definition) is 6. The van der Waals surface area contributed by atoms with E-state index in [4.69, 9.17) is 11.0 Å². The number of amides is 1. The number of nitrogens with two attached hydrogens (primary N) is 1. The van der Waals surface area contributed by atoms with E-state index in [-0.39, 0.29) is 0 Å². The molecule has 0 saturated carbocycles. The van der Waals surface area contributed by atoms with Crippen molar-refractivity contribution < 1.29 is 4.79 Å². The van der Waals surface area contributed by atoms with Crippen LogP contribution in [0.4, 0.5) is 5.95 Å². The second-order valence-corrected chi connectivity index (χ2v) is 6.32. The summed E-state index contributed by atoms with van der Waals surface area (Å²) >= 11 is 0. The highest BCUT2D eigenvalue weighted by atomic mass is 16.1. The van der Waals surface area contributed by atoms with Gasteiger partial charge in [-0.1, -0.05) is 31.2 Å². The van der Waals surface area contributed by atoms with Crippen molar-refractivity contribution in [3.8, 4) is 17.5 Å². The molecule has 0 fully saturated rings. The number of primary amides is 1. The smallest absolute Gasteiger partial charge is 0.239 e. The van der Waals surface area contributed by atoms with Crippen molar-refractivity contribution in [2.45, 2.75) is 19.4 Å². The normalized spacial score (nSPS) is 12.0. The molecule has 2 aromatic heterocycles. The Morgan fingerprint density at radius 2 is 2.07 bits per heavy atom. The summed E-state index contributed by atoms with van der Waals surface area (Å²) in [4.78, 5) is 21.0. The molecular formula is C20H17N7O. The Morgan fingerprint density at radius 1 is 1.25 bits per heavy atom. The number of rotatable bonds is 5. The molecule has 1 atom stereocenters.